The Morgan fingerprint density at radius 1 is 0.931 bits per heavy atom. The Kier molecular flexibility index (Phi) is 5.71. The van der Waals surface area contributed by atoms with Crippen LogP contribution >= 0.6 is 11.6 Å². The first-order valence-corrected chi connectivity index (χ1v) is 9.62. The molecule has 4 rings (SSSR count). The molecule has 0 spiro atoms. The molecule has 0 saturated carbocycles. The summed E-state index contributed by atoms with van der Waals surface area (Å²) in [5.41, 5.74) is 1.59. The zero-order valence-electron chi connectivity index (χ0n) is 15.6. The number of pyridine rings is 1. The zero-order valence-corrected chi connectivity index (χ0v) is 16.4. The molecule has 3 heterocycles. The topological polar surface area (TPSA) is 86.3 Å². The van der Waals surface area contributed by atoms with E-state index in [1.807, 2.05) is 36.4 Å². The number of anilines is 4. The number of hydrogen-bond donors (Lipinski definition) is 2. The maximum absolute atomic E-state index is 12.5. The Labute approximate surface area is 173 Å². The first kappa shape index (κ1) is 18.9. The normalized spacial score (nSPS) is 13.8. The summed E-state index contributed by atoms with van der Waals surface area (Å²) in [7, 11) is 0. The number of urea groups is 1. The van der Waals surface area contributed by atoms with Crippen molar-refractivity contribution >= 4 is 40.6 Å². The van der Waals surface area contributed by atoms with Gasteiger partial charge in [0.25, 0.3) is 0 Å². The third kappa shape index (κ3) is 4.91. The molecule has 0 radical (unpaired) electrons. The fraction of sp³-hybridized carbons (Fsp3) is 0.200. The van der Waals surface area contributed by atoms with Crippen LogP contribution in [0, 0.1) is 0 Å². The largest absolute Gasteiger partial charge is 0.352 e. The summed E-state index contributed by atoms with van der Waals surface area (Å²) in [6, 6.07) is 14.5. The number of hydrogen-bond acceptors (Lipinski definition) is 6. The molecule has 29 heavy (non-hydrogen) atoms. The minimum Gasteiger partial charge on any atom is -0.352 e. The maximum atomic E-state index is 12.5. The standard InChI is InChI=1S/C20H20ClN7O/c21-15-2-1-3-17(14-15)24-20(29)28-12-10-27(11-13-28)19-5-4-18(25-26-19)23-16-6-8-22-9-7-16/h1-9,14H,10-13H2,(H,24,29)(H,22,23,25). The van der Waals surface area contributed by atoms with Crippen molar-refractivity contribution in [1.82, 2.24) is 20.1 Å². The molecule has 1 saturated heterocycles. The van der Waals surface area contributed by atoms with Gasteiger partial charge in [-0.05, 0) is 42.5 Å². The highest BCUT2D eigenvalue weighted by molar-refractivity contribution is 6.30. The van der Waals surface area contributed by atoms with Gasteiger partial charge in [-0.1, -0.05) is 17.7 Å². The average Bonchev–Trinajstić information content (AvgIpc) is 2.75. The summed E-state index contributed by atoms with van der Waals surface area (Å²) < 4.78 is 0. The van der Waals surface area contributed by atoms with Crippen LogP contribution in [0.25, 0.3) is 0 Å². The van der Waals surface area contributed by atoms with E-state index in [9.17, 15) is 4.79 Å². The molecule has 1 aromatic carbocycles. The number of carbonyl (C=O) groups excluding carboxylic acids is 1. The van der Waals surface area contributed by atoms with Gasteiger partial charge in [-0.3, -0.25) is 4.98 Å². The molecule has 1 aliphatic rings. The first-order valence-electron chi connectivity index (χ1n) is 9.24. The Balaban J connectivity index is 1.30. The summed E-state index contributed by atoms with van der Waals surface area (Å²) in [5.74, 6) is 1.46. The van der Waals surface area contributed by atoms with Crippen LogP contribution in [0.3, 0.4) is 0 Å². The van der Waals surface area contributed by atoms with Crippen LogP contribution in [-0.4, -0.2) is 52.3 Å². The Morgan fingerprint density at radius 2 is 1.72 bits per heavy atom. The lowest BCUT2D eigenvalue weighted by molar-refractivity contribution is 0.208. The van der Waals surface area contributed by atoms with Gasteiger partial charge in [0, 0.05) is 55.0 Å². The number of rotatable bonds is 4. The van der Waals surface area contributed by atoms with E-state index >= 15 is 0 Å². The third-order valence-corrected chi connectivity index (χ3v) is 4.81. The SMILES string of the molecule is O=C(Nc1cccc(Cl)c1)N1CCN(c2ccc(Nc3ccncc3)nn2)CC1. The van der Waals surface area contributed by atoms with Gasteiger partial charge < -0.3 is 20.4 Å². The molecule has 0 bridgehead atoms. The molecule has 0 atom stereocenters. The summed E-state index contributed by atoms with van der Waals surface area (Å²) in [6.07, 6.45) is 3.43. The lowest BCUT2D eigenvalue weighted by Gasteiger charge is -2.35. The molecule has 1 aliphatic heterocycles. The van der Waals surface area contributed by atoms with Gasteiger partial charge in [-0.2, -0.15) is 0 Å². The minimum absolute atomic E-state index is 0.130. The fourth-order valence-corrected chi connectivity index (χ4v) is 3.24. The number of piperazine rings is 1. The first-order chi connectivity index (χ1) is 14.2. The van der Waals surface area contributed by atoms with Crippen molar-refractivity contribution in [3.05, 3.63) is 65.9 Å². The van der Waals surface area contributed by atoms with Crippen LogP contribution in [0.15, 0.2) is 60.9 Å². The molecule has 0 aliphatic carbocycles. The third-order valence-electron chi connectivity index (χ3n) is 4.57. The predicted octanol–water partition coefficient (Wildman–Crippen LogP) is 3.62. The van der Waals surface area contributed by atoms with E-state index in [0.717, 1.165) is 11.5 Å². The van der Waals surface area contributed by atoms with Crippen LogP contribution in [-0.2, 0) is 0 Å². The van der Waals surface area contributed by atoms with Gasteiger partial charge in [-0.15, -0.1) is 10.2 Å². The maximum Gasteiger partial charge on any atom is 0.321 e. The molecular weight excluding hydrogens is 390 g/mol. The van der Waals surface area contributed by atoms with E-state index in [2.05, 4.69) is 30.7 Å². The van der Waals surface area contributed by atoms with Crippen molar-refractivity contribution in [3.63, 3.8) is 0 Å². The van der Waals surface area contributed by atoms with Crippen molar-refractivity contribution < 1.29 is 4.79 Å². The molecule has 148 valence electrons. The summed E-state index contributed by atoms with van der Waals surface area (Å²) in [5, 5.41) is 15.2. The van der Waals surface area contributed by atoms with Crippen LogP contribution in [0.1, 0.15) is 0 Å². The molecule has 0 unspecified atom stereocenters. The quantitative estimate of drug-likeness (QED) is 0.684. The van der Waals surface area contributed by atoms with Gasteiger partial charge in [0.1, 0.15) is 0 Å². The van der Waals surface area contributed by atoms with E-state index in [1.54, 1.807) is 29.4 Å². The van der Waals surface area contributed by atoms with Crippen LogP contribution in [0.5, 0.6) is 0 Å². The van der Waals surface area contributed by atoms with E-state index in [1.165, 1.54) is 0 Å². The van der Waals surface area contributed by atoms with Crippen LogP contribution < -0.4 is 15.5 Å². The molecule has 2 amide bonds. The van der Waals surface area contributed by atoms with Crippen LogP contribution in [0.2, 0.25) is 5.02 Å². The molecule has 8 nitrogen and oxygen atoms in total. The molecule has 9 heteroatoms. The van der Waals surface area contributed by atoms with Gasteiger partial charge >= 0.3 is 6.03 Å². The second-order valence-electron chi connectivity index (χ2n) is 6.55. The molecule has 2 N–H and O–H groups in total. The summed E-state index contributed by atoms with van der Waals surface area (Å²) in [4.78, 5) is 20.3. The lowest BCUT2D eigenvalue weighted by Crippen LogP contribution is -2.50. The minimum atomic E-state index is -0.130. The number of halogens is 1. The highest BCUT2D eigenvalue weighted by Crippen LogP contribution is 2.18. The van der Waals surface area contributed by atoms with Crippen molar-refractivity contribution in [3.8, 4) is 0 Å². The van der Waals surface area contributed by atoms with Crippen molar-refractivity contribution in [2.45, 2.75) is 0 Å². The molecular formula is C20H20ClN7O. The Morgan fingerprint density at radius 3 is 2.41 bits per heavy atom. The molecule has 2 aromatic heterocycles. The van der Waals surface area contributed by atoms with Crippen molar-refractivity contribution in [2.24, 2.45) is 0 Å². The van der Waals surface area contributed by atoms with Gasteiger partial charge in [-0.25, -0.2) is 4.79 Å². The number of nitrogens with zero attached hydrogens (tertiary/aromatic N) is 5. The average molecular weight is 410 g/mol. The number of aromatic nitrogens is 3. The lowest BCUT2D eigenvalue weighted by atomic mass is 10.3. The van der Waals surface area contributed by atoms with E-state index in [4.69, 9.17) is 11.6 Å². The summed E-state index contributed by atoms with van der Waals surface area (Å²) in [6.45, 7) is 2.58. The molecule has 3 aromatic rings. The van der Waals surface area contributed by atoms with Gasteiger partial charge in [0.15, 0.2) is 11.6 Å². The van der Waals surface area contributed by atoms with E-state index < -0.39 is 0 Å². The van der Waals surface area contributed by atoms with Crippen molar-refractivity contribution in [1.29, 1.82) is 0 Å². The van der Waals surface area contributed by atoms with Gasteiger partial charge in [0.05, 0.1) is 0 Å². The highest BCUT2D eigenvalue weighted by atomic mass is 35.5. The second kappa shape index (κ2) is 8.74. The fourth-order valence-electron chi connectivity index (χ4n) is 3.05. The highest BCUT2D eigenvalue weighted by Gasteiger charge is 2.22. The summed E-state index contributed by atoms with van der Waals surface area (Å²) >= 11 is 5.97. The smallest absolute Gasteiger partial charge is 0.321 e. The predicted molar refractivity (Wildman–Crippen MR) is 114 cm³/mol. The number of nitrogens with one attached hydrogen (secondary N) is 2. The van der Waals surface area contributed by atoms with Gasteiger partial charge in [0.2, 0.25) is 0 Å². The monoisotopic (exact) mass is 409 g/mol. The van der Waals surface area contributed by atoms with Crippen molar-refractivity contribution in [2.75, 3.05) is 41.7 Å². The zero-order chi connectivity index (χ0) is 20.1. The number of amides is 2. The van der Waals surface area contributed by atoms with Crippen LogP contribution in [0.4, 0.5) is 27.8 Å². The number of carbonyl (C=O) groups is 1. The molecule has 1 fully saturated rings. The Bertz CT molecular complexity index is 960. The Hall–Kier alpha value is -3.39. The van der Waals surface area contributed by atoms with E-state index in [-0.39, 0.29) is 6.03 Å². The van der Waals surface area contributed by atoms with E-state index in [0.29, 0.717) is 42.7 Å². The number of benzene rings is 1. The second-order valence-corrected chi connectivity index (χ2v) is 6.99.